The van der Waals surface area contributed by atoms with Crippen molar-refractivity contribution in [3.8, 4) is 16.9 Å². The van der Waals surface area contributed by atoms with Gasteiger partial charge in [0, 0.05) is 5.56 Å². The maximum atomic E-state index is 13.7. The number of nitrogens with two attached hydrogens (primary N) is 1. The second-order valence-corrected chi connectivity index (χ2v) is 3.41. The van der Waals surface area contributed by atoms with Crippen molar-refractivity contribution in [3.05, 3.63) is 29.7 Å². The molecule has 0 amide bonds. The van der Waals surface area contributed by atoms with Crippen molar-refractivity contribution in [3.63, 3.8) is 0 Å². The van der Waals surface area contributed by atoms with Crippen LogP contribution in [0.4, 0.5) is 10.3 Å². The minimum atomic E-state index is -0.381. The normalized spacial score (nSPS) is 10.4. The predicted octanol–water partition coefficient (Wildman–Crippen LogP) is 2.38. The van der Waals surface area contributed by atoms with E-state index in [1.54, 1.807) is 13.0 Å². The molecular formula is C11H11FN2O2. The van der Waals surface area contributed by atoms with Crippen LogP contribution in [0.3, 0.4) is 0 Å². The highest BCUT2D eigenvalue weighted by molar-refractivity contribution is 5.73. The highest BCUT2D eigenvalue weighted by Gasteiger charge is 2.14. The number of nitrogens with zero attached hydrogens (tertiary/aromatic N) is 1. The summed E-state index contributed by atoms with van der Waals surface area (Å²) in [6.45, 7) is 1.77. The lowest BCUT2D eigenvalue weighted by Gasteiger charge is -2.08. The summed E-state index contributed by atoms with van der Waals surface area (Å²) in [6, 6.07) is 2.97. The Balaban J connectivity index is 2.61. The standard InChI is InChI=1S/C11H11FN2O2/c1-6-3-9(12)7(4-10(6)15-2)8-5-14-16-11(8)13/h3-5H,13H2,1-2H3. The van der Waals surface area contributed by atoms with E-state index in [0.717, 1.165) is 5.56 Å². The van der Waals surface area contributed by atoms with Gasteiger partial charge in [-0.3, -0.25) is 0 Å². The van der Waals surface area contributed by atoms with E-state index in [4.69, 9.17) is 15.0 Å². The van der Waals surface area contributed by atoms with Crippen molar-refractivity contribution in [2.45, 2.75) is 6.92 Å². The SMILES string of the molecule is COc1cc(-c2cnoc2N)c(F)cc1C. The van der Waals surface area contributed by atoms with E-state index in [1.807, 2.05) is 0 Å². The summed E-state index contributed by atoms with van der Waals surface area (Å²) in [4.78, 5) is 0. The first-order valence-electron chi connectivity index (χ1n) is 4.68. The second kappa shape index (κ2) is 3.84. The van der Waals surface area contributed by atoms with Crippen molar-refractivity contribution in [1.29, 1.82) is 0 Å². The lowest BCUT2D eigenvalue weighted by molar-refractivity contribution is 0.410. The number of halogens is 1. The highest BCUT2D eigenvalue weighted by atomic mass is 19.1. The number of hydrogen-bond acceptors (Lipinski definition) is 4. The summed E-state index contributed by atoms with van der Waals surface area (Å²) < 4.78 is 23.5. The maximum absolute atomic E-state index is 13.7. The average Bonchev–Trinajstić information content (AvgIpc) is 2.65. The molecule has 16 heavy (non-hydrogen) atoms. The van der Waals surface area contributed by atoms with Gasteiger partial charge in [-0.25, -0.2) is 4.39 Å². The zero-order chi connectivity index (χ0) is 11.7. The Morgan fingerprint density at radius 1 is 1.38 bits per heavy atom. The summed E-state index contributed by atoms with van der Waals surface area (Å²) in [6.07, 6.45) is 1.38. The number of anilines is 1. The number of methoxy groups -OCH3 is 1. The fourth-order valence-corrected chi connectivity index (χ4v) is 1.53. The molecule has 0 radical (unpaired) electrons. The number of ether oxygens (including phenoxy) is 1. The molecule has 84 valence electrons. The van der Waals surface area contributed by atoms with Gasteiger partial charge in [-0.15, -0.1) is 0 Å². The Labute approximate surface area is 91.8 Å². The molecule has 0 aliphatic heterocycles. The van der Waals surface area contributed by atoms with E-state index in [0.29, 0.717) is 16.9 Å². The molecule has 0 bridgehead atoms. The van der Waals surface area contributed by atoms with Gasteiger partial charge >= 0.3 is 0 Å². The van der Waals surface area contributed by atoms with E-state index < -0.39 is 0 Å². The fourth-order valence-electron chi connectivity index (χ4n) is 1.53. The van der Waals surface area contributed by atoms with E-state index in [1.165, 1.54) is 19.4 Å². The third-order valence-electron chi connectivity index (χ3n) is 2.37. The molecular weight excluding hydrogens is 211 g/mol. The monoisotopic (exact) mass is 222 g/mol. The lowest BCUT2D eigenvalue weighted by atomic mass is 10.1. The third-order valence-corrected chi connectivity index (χ3v) is 2.37. The van der Waals surface area contributed by atoms with Crippen LogP contribution < -0.4 is 10.5 Å². The van der Waals surface area contributed by atoms with Crippen molar-refractivity contribution in [1.82, 2.24) is 5.16 Å². The number of rotatable bonds is 2. The molecule has 0 aliphatic carbocycles. The Hall–Kier alpha value is -2.04. The average molecular weight is 222 g/mol. The van der Waals surface area contributed by atoms with E-state index in [9.17, 15) is 4.39 Å². The largest absolute Gasteiger partial charge is 0.496 e. The summed E-state index contributed by atoms with van der Waals surface area (Å²) in [5.74, 6) is 0.301. The quantitative estimate of drug-likeness (QED) is 0.847. The van der Waals surface area contributed by atoms with Gasteiger partial charge in [0.2, 0.25) is 5.88 Å². The molecule has 0 atom stereocenters. The molecule has 0 saturated carbocycles. The van der Waals surface area contributed by atoms with Crippen LogP contribution in [0, 0.1) is 12.7 Å². The molecule has 5 heteroatoms. The van der Waals surface area contributed by atoms with Gasteiger partial charge in [-0.2, -0.15) is 0 Å². The minimum absolute atomic E-state index is 0.0878. The minimum Gasteiger partial charge on any atom is -0.496 e. The van der Waals surface area contributed by atoms with Crippen LogP contribution in [0.25, 0.3) is 11.1 Å². The number of aryl methyl sites for hydroxylation is 1. The molecule has 2 N–H and O–H groups in total. The van der Waals surface area contributed by atoms with Crippen LogP contribution in [-0.4, -0.2) is 12.3 Å². The smallest absolute Gasteiger partial charge is 0.230 e. The zero-order valence-electron chi connectivity index (χ0n) is 8.95. The van der Waals surface area contributed by atoms with Crippen molar-refractivity contribution < 1.29 is 13.7 Å². The van der Waals surface area contributed by atoms with E-state index in [2.05, 4.69) is 5.16 Å². The van der Waals surface area contributed by atoms with E-state index in [-0.39, 0.29) is 11.7 Å². The number of nitrogen functional groups attached to an aromatic ring is 1. The first-order valence-corrected chi connectivity index (χ1v) is 4.68. The van der Waals surface area contributed by atoms with Gasteiger partial charge in [-0.05, 0) is 24.6 Å². The highest BCUT2D eigenvalue weighted by Crippen LogP contribution is 2.32. The second-order valence-electron chi connectivity index (χ2n) is 3.41. The molecule has 1 aromatic carbocycles. The molecule has 1 heterocycles. The molecule has 0 aliphatic rings. The van der Waals surface area contributed by atoms with Gasteiger partial charge in [0.15, 0.2) is 0 Å². The van der Waals surface area contributed by atoms with Crippen molar-refractivity contribution in [2.75, 3.05) is 12.8 Å². The van der Waals surface area contributed by atoms with Gasteiger partial charge in [-0.1, -0.05) is 5.16 Å². The molecule has 2 rings (SSSR count). The van der Waals surface area contributed by atoms with Gasteiger partial charge in [0.1, 0.15) is 11.6 Å². The first-order chi connectivity index (χ1) is 7.63. The molecule has 0 spiro atoms. The van der Waals surface area contributed by atoms with Crippen LogP contribution >= 0.6 is 0 Å². The summed E-state index contributed by atoms with van der Waals surface area (Å²) >= 11 is 0. The Morgan fingerprint density at radius 3 is 2.69 bits per heavy atom. The molecule has 4 nitrogen and oxygen atoms in total. The number of hydrogen-bond donors (Lipinski definition) is 1. The number of aromatic nitrogens is 1. The molecule has 0 unspecified atom stereocenters. The molecule has 0 saturated heterocycles. The number of benzene rings is 1. The zero-order valence-corrected chi connectivity index (χ0v) is 8.95. The predicted molar refractivity (Wildman–Crippen MR) is 57.6 cm³/mol. The molecule has 1 aromatic heterocycles. The Kier molecular flexibility index (Phi) is 2.52. The van der Waals surface area contributed by atoms with E-state index >= 15 is 0 Å². The van der Waals surface area contributed by atoms with Crippen molar-refractivity contribution >= 4 is 5.88 Å². The van der Waals surface area contributed by atoms with Crippen LogP contribution in [0.5, 0.6) is 5.75 Å². The van der Waals surface area contributed by atoms with Crippen LogP contribution in [0.1, 0.15) is 5.56 Å². The van der Waals surface area contributed by atoms with Crippen LogP contribution in [0.15, 0.2) is 22.9 Å². The topological polar surface area (TPSA) is 61.3 Å². The Morgan fingerprint density at radius 2 is 2.12 bits per heavy atom. The maximum Gasteiger partial charge on any atom is 0.230 e. The summed E-state index contributed by atoms with van der Waals surface area (Å²) in [7, 11) is 1.53. The third kappa shape index (κ3) is 1.60. The van der Waals surface area contributed by atoms with Gasteiger partial charge in [0.05, 0.1) is 18.9 Å². The van der Waals surface area contributed by atoms with Crippen LogP contribution in [0.2, 0.25) is 0 Å². The van der Waals surface area contributed by atoms with Gasteiger partial charge < -0.3 is 15.0 Å². The Bertz CT molecular complexity index is 523. The molecule has 0 fully saturated rings. The molecule has 2 aromatic rings. The fraction of sp³-hybridized carbons (Fsp3) is 0.182. The summed E-state index contributed by atoms with van der Waals surface area (Å²) in [5.41, 5.74) is 7.00. The van der Waals surface area contributed by atoms with Crippen molar-refractivity contribution in [2.24, 2.45) is 0 Å². The summed E-state index contributed by atoms with van der Waals surface area (Å²) in [5, 5.41) is 3.51. The van der Waals surface area contributed by atoms with Crippen LogP contribution in [-0.2, 0) is 0 Å². The lowest BCUT2D eigenvalue weighted by Crippen LogP contribution is -1.93. The van der Waals surface area contributed by atoms with Gasteiger partial charge in [0.25, 0.3) is 0 Å². The first kappa shape index (κ1) is 10.5.